The van der Waals surface area contributed by atoms with E-state index in [-0.39, 0.29) is 11.9 Å². The molecule has 0 radical (unpaired) electrons. The number of nitrogens with zero attached hydrogens (tertiary/aromatic N) is 1. The quantitative estimate of drug-likeness (QED) is 0.897. The smallest absolute Gasteiger partial charge is 0.321 e. The summed E-state index contributed by atoms with van der Waals surface area (Å²) in [5.74, 6) is 0.290. The molecule has 1 saturated heterocycles. The predicted molar refractivity (Wildman–Crippen MR) is 98.8 cm³/mol. The van der Waals surface area contributed by atoms with Crippen LogP contribution in [0, 0.1) is 0 Å². The highest BCUT2D eigenvalue weighted by Gasteiger charge is 2.27. The van der Waals surface area contributed by atoms with E-state index in [9.17, 15) is 9.59 Å². The van der Waals surface area contributed by atoms with Crippen molar-refractivity contribution in [1.29, 1.82) is 0 Å². The van der Waals surface area contributed by atoms with Gasteiger partial charge in [-0.3, -0.25) is 4.79 Å². The fourth-order valence-electron chi connectivity index (χ4n) is 3.11. The topological polar surface area (TPSA) is 61.4 Å². The molecule has 2 N–H and O–H groups in total. The summed E-state index contributed by atoms with van der Waals surface area (Å²) in [6.45, 7) is 3.95. The molecule has 2 aromatic rings. The molecule has 1 aliphatic rings. The van der Waals surface area contributed by atoms with E-state index in [0.29, 0.717) is 23.7 Å². The predicted octanol–water partition coefficient (Wildman–Crippen LogP) is 3.46. The molecule has 0 aliphatic carbocycles. The standard InChI is InChI=1S/C20H23N3O2/c1-2-21-19(24)16-8-10-18(11-9-16)22-20(25)23-13-12-17(14-23)15-6-4-3-5-7-15/h3-11,17H,2,12-14H2,1H3,(H,21,24)(H,22,25). The number of hydrogen-bond acceptors (Lipinski definition) is 2. The Bertz CT molecular complexity index is 728. The van der Waals surface area contributed by atoms with Crippen LogP contribution in [0.4, 0.5) is 10.5 Å². The van der Waals surface area contributed by atoms with Crippen molar-refractivity contribution in [2.75, 3.05) is 25.0 Å². The van der Waals surface area contributed by atoms with Crippen LogP contribution in [0.2, 0.25) is 0 Å². The molecule has 1 unspecified atom stereocenters. The summed E-state index contributed by atoms with van der Waals surface area (Å²) < 4.78 is 0. The Hall–Kier alpha value is -2.82. The fraction of sp³-hybridized carbons (Fsp3) is 0.300. The maximum Gasteiger partial charge on any atom is 0.321 e. The summed E-state index contributed by atoms with van der Waals surface area (Å²) in [6, 6.07) is 17.2. The zero-order valence-electron chi connectivity index (χ0n) is 14.4. The molecule has 2 aromatic carbocycles. The first-order valence-electron chi connectivity index (χ1n) is 8.66. The van der Waals surface area contributed by atoms with E-state index in [0.717, 1.165) is 19.5 Å². The third kappa shape index (κ3) is 4.18. The monoisotopic (exact) mass is 337 g/mol. The lowest BCUT2D eigenvalue weighted by atomic mass is 9.99. The minimum absolute atomic E-state index is 0.0933. The number of likely N-dealkylation sites (tertiary alicyclic amines) is 1. The molecule has 5 nitrogen and oxygen atoms in total. The van der Waals surface area contributed by atoms with Crippen molar-refractivity contribution in [3.05, 3.63) is 65.7 Å². The molecule has 1 aliphatic heterocycles. The summed E-state index contributed by atoms with van der Waals surface area (Å²) in [5, 5.41) is 5.66. The molecule has 25 heavy (non-hydrogen) atoms. The number of carbonyl (C=O) groups is 2. The van der Waals surface area contributed by atoms with Crippen LogP contribution < -0.4 is 10.6 Å². The van der Waals surface area contributed by atoms with Gasteiger partial charge in [0.05, 0.1) is 0 Å². The van der Waals surface area contributed by atoms with Gasteiger partial charge in [0.15, 0.2) is 0 Å². The van der Waals surface area contributed by atoms with Gasteiger partial charge in [-0.1, -0.05) is 30.3 Å². The highest BCUT2D eigenvalue weighted by atomic mass is 16.2. The largest absolute Gasteiger partial charge is 0.352 e. The Kier molecular flexibility index (Phi) is 5.33. The van der Waals surface area contributed by atoms with Gasteiger partial charge in [-0.05, 0) is 43.2 Å². The molecule has 1 atom stereocenters. The Balaban J connectivity index is 1.57. The summed E-state index contributed by atoms with van der Waals surface area (Å²) in [4.78, 5) is 26.0. The van der Waals surface area contributed by atoms with Gasteiger partial charge in [0.1, 0.15) is 0 Å². The van der Waals surface area contributed by atoms with E-state index in [1.54, 1.807) is 24.3 Å². The van der Waals surface area contributed by atoms with Crippen LogP contribution in [-0.4, -0.2) is 36.5 Å². The average molecular weight is 337 g/mol. The molecule has 130 valence electrons. The lowest BCUT2D eigenvalue weighted by Gasteiger charge is -2.17. The number of carbonyl (C=O) groups excluding carboxylic acids is 2. The summed E-state index contributed by atoms with van der Waals surface area (Å²) in [7, 11) is 0. The Morgan fingerprint density at radius 1 is 1.08 bits per heavy atom. The molecule has 0 spiro atoms. The lowest BCUT2D eigenvalue weighted by Crippen LogP contribution is -2.32. The summed E-state index contributed by atoms with van der Waals surface area (Å²) in [5.41, 5.74) is 2.57. The van der Waals surface area contributed by atoms with Crippen LogP contribution in [0.25, 0.3) is 0 Å². The molecule has 0 saturated carbocycles. The van der Waals surface area contributed by atoms with Crippen molar-refractivity contribution >= 4 is 17.6 Å². The van der Waals surface area contributed by atoms with E-state index in [1.165, 1.54) is 5.56 Å². The van der Waals surface area contributed by atoms with E-state index < -0.39 is 0 Å². The van der Waals surface area contributed by atoms with Gasteiger partial charge < -0.3 is 15.5 Å². The number of anilines is 1. The van der Waals surface area contributed by atoms with Gasteiger partial charge in [-0.25, -0.2) is 4.79 Å². The second kappa shape index (κ2) is 7.83. The van der Waals surface area contributed by atoms with Crippen molar-refractivity contribution in [2.45, 2.75) is 19.3 Å². The van der Waals surface area contributed by atoms with Crippen molar-refractivity contribution in [2.24, 2.45) is 0 Å². The van der Waals surface area contributed by atoms with Crippen molar-refractivity contribution in [1.82, 2.24) is 10.2 Å². The number of rotatable bonds is 4. The first kappa shape index (κ1) is 17.0. The molecule has 0 bridgehead atoms. The SMILES string of the molecule is CCNC(=O)c1ccc(NC(=O)N2CCC(c3ccccc3)C2)cc1. The molecular weight excluding hydrogens is 314 g/mol. The van der Waals surface area contributed by atoms with Crippen LogP contribution in [0.5, 0.6) is 0 Å². The molecule has 0 aromatic heterocycles. The maximum atomic E-state index is 12.4. The van der Waals surface area contributed by atoms with Gasteiger partial charge in [0.25, 0.3) is 5.91 Å². The second-order valence-corrected chi connectivity index (χ2v) is 6.21. The van der Waals surface area contributed by atoms with Crippen LogP contribution >= 0.6 is 0 Å². The number of hydrogen-bond donors (Lipinski definition) is 2. The number of urea groups is 1. The highest BCUT2D eigenvalue weighted by molar-refractivity contribution is 5.95. The zero-order chi connectivity index (χ0) is 17.6. The maximum absolute atomic E-state index is 12.4. The zero-order valence-corrected chi connectivity index (χ0v) is 14.4. The van der Waals surface area contributed by atoms with Crippen LogP contribution in [0.15, 0.2) is 54.6 Å². The molecular formula is C20H23N3O2. The first-order chi connectivity index (χ1) is 12.2. The Morgan fingerprint density at radius 3 is 2.48 bits per heavy atom. The highest BCUT2D eigenvalue weighted by Crippen LogP contribution is 2.27. The fourth-order valence-corrected chi connectivity index (χ4v) is 3.11. The Labute approximate surface area is 148 Å². The van der Waals surface area contributed by atoms with E-state index in [2.05, 4.69) is 22.8 Å². The molecule has 1 fully saturated rings. The molecule has 3 amide bonds. The van der Waals surface area contributed by atoms with Gasteiger partial charge >= 0.3 is 6.03 Å². The van der Waals surface area contributed by atoms with Crippen molar-refractivity contribution in [3.63, 3.8) is 0 Å². The van der Waals surface area contributed by atoms with Crippen LogP contribution in [0.1, 0.15) is 35.2 Å². The Morgan fingerprint density at radius 2 is 1.80 bits per heavy atom. The average Bonchev–Trinajstić information content (AvgIpc) is 3.13. The van der Waals surface area contributed by atoms with E-state index in [1.807, 2.05) is 30.0 Å². The number of benzene rings is 2. The van der Waals surface area contributed by atoms with Crippen molar-refractivity contribution in [3.8, 4) is 0 Å². The summed E-state index contributed by atoms with van der Waals surface area (Å²) in [6.07, 6.45) is 0.980. The lowest BCUT2D eigenvalue weighted by molar-refractivity contribution is 0.0956. The molecule has 1 heterocycles. The minimum atomic E-state index is -0.106. The molecule has 3 rings (SSSR count). The van der Waals surface area contributed by atoms with Crippen LogP contribution in [0.3, 0.4) is 0 Å². The minimum Gasteiger partial charge on any atom is -0.352 e. The second-order valence-electron chi connectivity index (χ2n) is 6.21. The van der Waals surface area contributed by atoms with Gasteiger partial charge in [-0.15, -0.1) is 0 Å². The third-order valence-electron chi connectivity index (χ3n) is 4.48. The van der Waals surface area contributed by atoms with Crippen LogP contribution in [-0.2, 0) is 0 Å². The van der Waals surface area contributed by atoms with Crippen molar-refractivity contribution < 1.29 is 9.59 Å². The van der Waals surface area contributed by atoms with Gasteiger partial charge in [-0.2, -0.15) is 0 Å². The van der Waals surface area contributed by atoms with E-state index >= 15 is 0 Å². The number of nitrogens with one attached hydrogen (secondary N) is 2. The number of amides is 3. The third-order valence-corrected chi connectivity index (χ3v) is 4.48. The molecule has 5 heteroatoms. The van der Waals surface area contributed by atoms with Gasteiger partial charge in [0.2, 0.25) is 0 Å². The summed E-state index contributed by atoms with van der Waals surface area (Å²) >= 11 is 0. The first-order valence-corrected chi connectivity index (χ1v) is 8.66. The van der Waals surface area contributed by atoms with Gasteiger partial charge in [0, 0.05) is 36.8 Å². The van der Waals surface area contributed by atoms with E-state index in [4.69, 9.17) is 0 Å². The normalized spacial score (nSPS) is 16.5.